The van der Waals surface area contributed by atoms with Gasteiger partial charge in [-0.2, -0.15) is 0 Å². The molecule has 1 aliphatic rings. The molecule has 1 fully saturated rings. The maximum Gasteiger partial charge on any atom is 0.241 e. The average Bonchev–Trinajstić information content (AvgIpc) is 3.18. The van der Waals surface area contributed by atoms with Crippen LogP contribution in [0, 0.1) is 0 Å². The minimum Gasteiger partial charge on any atom is -0.324 e. The highest BCUT2D eigenvalue weighted by atomic mass is 32.2. The zero-order chi connectivity index (χ0) is 19.5. The Bertz CT molecular complexity index is 930. The van der Waals surface area contributed by atoms with Gasteiger partial charge in [0.1, 0.15) is 0 Å². The molecule has 3 aromatic rings. The molecule has 0 saturated carbocycles. The Morgan fingerprint density at radius 2 is 1.89 bits per heavy atom. The Morgan fingerprint density at radius 1 is 1.18 bits per heavy atom. The van der Waals surface area contributed by atoms with Crippen molar-refractivity contribution in [2.24, 2.45) is 0 Å². The van der Waals surface area contributed by atoms with Crippen molar-refractivity contribution in [3.8, 4) is 0 Å². The number of thiazole rings is 1. The molecule has 4 nitrogen and oxygen atoms in total. The summed E-state index contributed by atoms with van der Waals surface area (Å²) in [5.74, 6) is 0.570. The van der Waals surface area contributed by atoms with E-state index >= 15 is 0 Å². The number of benzene rings is 2. The van der Waals surface area contributed by atoms with Gasteiger partial charge in [0.2, 0.25) is 5.91 Å². The number of carbonyl (C=O) groups excluding carboxylic acids is 1. The van der Waals surface area contributed by atoms with Crippen molar-refractivity contribution in [2.45, 2.75) is 36.6 Å². The number of aromatic nitrogens is 1. The number of carbonyl (C=O) groups is 1. The zero-order valence-corrected chi connectivity index (χ0v) is 17.9. The van der Waals surface area contributed by atoms with E-state index in [4.69, 9.17) is 4.98 Å². The number of para-hydroxylation sites is 2. The highest BCUT2D eigenvalue weighted by molar-refractivity contribution is 7.98. The number of hydrogen-bond donors (Lipinski definition) is 1. The number of anilines is 1. The highest BCUT2D eigenvalue weighted by Gasteiger charge is 2.29. The summed E-state index contributed by atoms with van der Waals surface area (Å²) in [5.41, 5.74) is 2.00. The summed E-state index contributed by atoms with van der Waals surface area (Å²) in [5, 5.41) is 4.35. The molecule has 0 spiro atoms. The topological polar surface area (TPSA) is 45.2 Å². The molecular weight excluding hydrogens is 386 g/mol. The van der Waals surface area contributed by atoms with E-state index in [1.54, 1.807) is 11.8 Å². The van der Waals surface area contributed by atoms with Crippen LogP contribution in [-0.2, 0) is 4.79 Å². The first kappa shape index (κ1) is 19.4. The number of nitrogens with one attached hydrogen (secondary N) is 1. The van der Waals surface area contributed by atoms with Crippen molar-refractivity contribution in [2.75, 3.05) is 24.7 Å². The monoisotopic (exact) mass is 411 g/mol. The van der Waals surface area contributed by atoms with Crippen LogP contribution in [-0.4, -0.2) is 41.2 Å². The summed E-state index contributed by atoms with van der Waals surface area (Å²) >= 11 is 3.46. The third kappa shape index (κ3) is 4.09. The van der Waals surface area contributed by atoms with Crippen molar-refractivity contribution >= 4 is 44.9 Å². The van der Waals surface area contributed by atoms with Crippen LogP contribution in [0.25, 0.3) is 10.2 Å². The third-order valence-electron chi connectivity index (χ3n) is 5.48. The van der Waals surface area contributed by atoms with E-state index in [1.165, 1.54) is 9.71 Å². The van der Waals surface area contributed by atoms with Crippen molar-refractivity contribution in [3.63, 3.8) is 0 Å². The lowest BCUT2D eigenvalue weighted by Crippen LogP contribution is -2.45. The molecule has 146 valence electrons. The lowest BCUT2D eigenvalue weighted by Gasteiger charge is -2.34. The van der Waals surface area contributed by atoms with E-state index in [0.29, 0.717) is 5.92 Å². The molecule has 1 atom stereocenters. The largest absolute Gasteiger partial charge is 0.324 e. The molecule has 2 aromatic carbocycles. The van der Waals surface area contributed by atoms with Gasteiger partial charge in [0.15, 0.2) is 0 Å². The summed E-state index contributed by atoms with van der Waals surface area (Å²) in [6.45, 7) is 3.87. The van der Waals surface area contributed by atoms with Gasteiger partial charge in [-0.1, -0.05) is 24.3 Å². The Labute approximate surface area is 174 Å². The van der Waals surface area contributed by atoms with E-state index in [-0.39, 0.29) is 11.9 Å². The molecule has 28 heavy (non-hydrogen) atoms. The van der Waals surface area contributed by atoms with E-state index in [0.717, 1.165) is 42.0 Å². The van der Waals surface area contributed by atoms with Gasteiger partial charge >= 0.3 is 0 Å². The Balaban J connectivity index is 1.36. The fraction of sp³-hybridized carbons (Fsp3) is 0.364. The number of nitrogens with zero attached hydrogens (tertiary/aromatic N) is 2. The molecule has 1 unspecified atom stereocenters. The molecule has 2 heterocycles. The summed E-state index contributed by atoms with van der Waals surface area (Å²) in [6.07, 6.45) is 4.14. The van der Waals surface area contributed by atoms with Crippen LogP contribution in [0.15, 0.2) is 53.4 Å². The van der Waals surface area contributed by atoms with Gasteiger partial charge in [-0.05, 0) is 63.4 Å². The number of likely N-dealkylation sites (tertiary alicyclic amines) is 1. The minimum atomic E-state index is -0.133. The lowest BCUT2D eigenvalue weighted by molar-refractivity contribution is -0.121. The number of rotatable bonds is 5. The number of thioether (sulfide) groups is 1. The van der Waals surface area contributed by atoms with Gasteiger partial charge in [0.05, 0.1) is 27.0 Å². The fourth-order valence-corrected chi connectivity index (χ4v) is 5.44. The van der Waals surface area contributed by atoms with Crippen LogP contribution in [0.2, 0.25) is 0 Å². The van der Waals surface area contributed by atoms with Crippen LogP contribution >= 0.6 is 23.1 Å². The van der Waals surface area contributed by atoms with Crippen LogP contribution in [0.4, 0.5) is 5.69 Å². The van der Waals surface area contributed by atoms with Gasteiger partial charge in [0.25, 0.3) is 0 Å². The summed E-state index contributed by atoms with van der Waals surface area (Å²) in [4.78, 5) is 21.0. The normalized spacial score (nSPS) is 16.9. The van der Waals surface area contributed by atoms with E-state index in [2.05, 4.69) is 28.4 Å². The zero-order valence-electron chi connectivity index (χ0n) is 16.2. The van der Waals surface area contributed by atoms with Gasteiger partial charge in [-0.3, -0.25) is 9.69 Å². The molecular formula is C22H25N3OS2. The van der Waals surface area contributed by atoms with Gasteiger partial charge in [-0.25, -0.2) is 4.98 Å². The summed E-state index contributed by atoms with van der Waals surface area (Å²) in [6, 6.07) is 16.2. The molecule has 1 amide bonds. The second kappa shape index (κ2) is 8.64. The minimum absolute atomic E-state index is 0.0694. The fourth-order valence-electron chi connectivity index (χ4n) is 3.75. The molecule has 1 aromatic heterocycles. The molecule has 1 aliphatic heterocycles. The number of fused-ring (bicyclic) bond motifs is 1. The molecule has 0 bridgehead atoms. The third-order valence-corrected chi connectivity index (χ3v) is 7.48. The van der Waals surface area contributed by atoms with Gasteiger partial charge in [-0.15, -0.1) is 23.1 Å². The Hall–Kier alpha value is -1.89. The second-order valence-electron chi connectivity index (χ2n) is 7.20. The summed E-state index contributed by atoms with van der Waals surface area (Å²) < 4.78 is 1.26. The van der Waals surface area contributed by atoms with Crippen molar-refractivity contribution < 1.29 is 4.79 Å². The van der Waals surface area contributed by atoms with Gasteiger partial charge < -0.3 is 5.32 Å². The standard InChI is InChI=1S/C22H25N3OS2/c1-15(21(26)23-17-7-3-5-9-19(17)27-2)25-13-11-16(12-14-25)22-24-18-8-4-6-10-20(18)28-22/h3-10,15-16H,11-14H2,1-2H3,(H,23,26). The molecule has 0 radical (unpaired) electrons. The Morgan fingerprint density at radius 3 is 2.64 bits per heavy atom. The quantitative estimate of drug-likeness (QED) is 0.584. The second-order valence-corrected chi connectivity index (χ2v) is 9.11. The first-order valence-electron chi connectivity index (χ1n) is 9.69. The maximum atomic E-state index is 12.8. The van der Waals surface area contributed by atoms with Crippen molar-refractivity contribution in [1.82, 2.24) is 9.88 Å². The maximum absolute atomic E-state index is 12.8. The first-order valence-corrected chi connectivity index (χ1v) is 11.7. The first-order chi connectivity index (χ1) is 13.7. The predicted octanol–water partition coefficient (Wildman–Crippen LogP) is 5.22. The Kier molecular flexibility index (Phi) is 5.99. The average molecular weight is 412 g/mol. The van der Waals surface area contributed by atoms with Gasteiger partial charge in [0, 0.05) is 10.8 Å². The van der Waals surface area contributed by atoms with Crippen molar-refractivity contribution in [1.29, 1.82) is 0 Å². The molecule has 4 rings (SSSR count). The summed E-state index contributed by atoms with van der Waals surface area (Å²) in [7, 11) is 0. The van der Waals surface area contributed by atoms with Crippen LogP contribution < -0.4 is 5.32 Å². The predicted molar refractivity (Wildman–Crippen MR) is 119 cm³/mol. The molecule has 1 N–H and O–H groups in total. The SMILES string of the molecule is CSc1ccccc1NC(=O)C(C)N1CCC(c2nc3ccccc3s2)CC1. The smallest absolute Gasteiger partial charge is 0.241 e. The number of piperidine rings is 1. The van der Waals surface area contributed by atoms with Crippen LogP contribution in [0.3, 0.4) is 0 Å². The highest BCUT2D eigenvalue weighted by Crippen LogP contribution is 2.34. The number of amides is 1. The van der Waals surface area contributed by atoms with E-state index < -0.39 is 0 Å². The van der Waals surface area contributed by atoms with Crippen molar-refractivity contribution in [3.05, 3.63) is 53.5 Å². The lowest BCUT2D eigenvalue weighted by atomic mass is 9.96. The molecule has 0 aliphatic carbocycles. The molecule has 1 saturated heterocycles. The van der Waals surface area contributed by atoms with Crippen LogP contribution in [0.5, 0.6) is 0 Å². The van der Waals surface area contributed by atoms with E-state index in [1.807, 2.05) is 54.8 Å². The molecule has 6 heteroatoms. The number of hydrogen-bond acceptors (Lipinski definition) is 5. The van der Waals surface area contributed by atoms with E-state index in [9.17, 15) is 4.79 Å². The van der Waals surface area contributed by atoms with Crippen LogP contribution in [0.1, 0.15) is 30.7 Å².